The van der Waals surface area contributed by atoms with Crippen molar-refractivity contribution in [2.24, 2.45) is 17.3 Å². The van der Waals surface area contributed by atoms with Crippen LogP contribution >= 0.6 is 15.9 Å². The number of carbonyl (C=O) groups is 1. The van der Waals surface area contributed by atoms with E-state index >= 15 is 0 Å². The van der Waals surface area contributed by atoms with Gasteiger partial charge in [0.25, 0.3) is 0 Å². The summed E-state index contributed by atoms with van der Waals surface area (Å²) in [7, 11) is 0. The third-order valence-electron chi connectivity index (χ3n) is 8.34. The van der Waals surface area contributed by atoms with E-state index in [4.69, 9.17) is 0 Å². The molecule has 3 aromatic rings. The zero-order valence-electron chi connectivity index (χ0n) is 20.2. The van der Waals surface area contributed by atoms with E-state index in [0.717, 1.165) is 32.1 Å². The lowest BCUT2D eigenvalue weighted by Crippen LogP contribution is -2.57. The maximum absolute atomic E-state index is 13.2. The van der Waals surface area contributed by atoms with Crippen LogP contribution in [0.3, 0.4) is 0 Å². The van der Waals surface area contributed by atoms with Crippen molar-refractivity contribution in [2.75, 3.05) is 5.32 Å². The summed E-state index contributed by atoms with van der Waals surface area (Å²) in [5, 5.41) is 23.3. The van der Waals surface area contributed by atoms with Gasteiger partial charge in [0.05, 0.1) is 35.3 Å². The van der Waals surface area contributed by atoms with Crippen molar-refractivity contribution >= 4 is 33.3 Å². The number of hydrogen-bond acceptors (Lipinski definition) is 5. The molecule has 9 nitrogen and oxygen atoms in total. The number of aryl methyl sites for hydroxylation is 1. The molecule has 0 aliphatic heterocycles. The van der Waals surface area contributed by atoms with Gasteiger partial charge >= 0.3 is 5.82 Å². The molecular formula is C26H29BrN6O3. The normalized spacial score (nSPS) is 28.4. The van der Waals surface area contributed by atoms with Crippen LogP contribution in [-0.4, -0.2) is 30.4 Å². The monoisotopic (exact) mass is 552 g/mol. The van der Waals surface area contributed by atoms with Gasteiger partial charge in [0.2, 0.25) is 5.91 Å². The van der Waals surface area contributed by atoms with E-state index < -0.39 is 4.92 Å². The largest absolute Gasteiger partial charge is 0.404 e. The fraction of sp³-hybridized carbons (Fsp3) is 0.500. The molecule has 7 rings (SSSR count). The highest BCUT2D eigenvalue weighted by atomic mass is 79.9. The van der Waals surface area contributed by atoms with Gasteiger partial charge in [-0.2, -0.15) is 9.78 Å². The van der Waals surface area contributed by atoms with Crippen molar-refractivity contribution in [2.45, 2.75) is 64.0 Å². The Morgan fingerprint density at radius 1 is 1.25 bits per heavy atom. The molecule has 1 amide bonds. The molecule has 1 N–H and O–H groups in total. The van der Waals surface area contributed by atoms with Crippen LogP contribution in [0, 0.1) is 34.3 Å². The Morgan fingerprint density at radius 3 is 2.72 bits per heavy atom. The predicted octanol–water partition coefficient (Wildman–Crippen LogP) is 5.43. The van der Waals surface area contributed by atoms with Crippen LogP contribution in [0.15, 0.2) is 47.3 Å². The van der Waals surface area contributed by atoms with Gasteiger partial charge in [-0.25, -0.2) is 0 Å². The van der Waals surface area contributed by atoms with E-state index in [-0.39, 0.29) is 22.7 Å². The van der Waals surface area contributed by atoms with E-state index in [9.17, 15) is 14.9 Å². The number of hydrogen-bond donors (Lipinski definition) is 1. The van der Waals surface area contributed by atoms with Crippen LogP contribution < -0.4 is 5.32 Å². The zero-order valence-corrected chi connectivity index (χ0v) is 21.8. The van der Waals surface area contributed by atoms with E-state index in [1.54, 1.807) is 12.4 Å². The molecule has 2 unspecified atom stereocenters. The van der Waals surface area contributed by atoms with Gasteiger partial charge in [-0.1, -0.05) is 29.8 Å². The van der Waals surface area contributed by atoms with Gasteiger partial charge in [0, 0.05) is 12.6 Å². The van der Waals surface area contributed by atoms with Gasteiger partial charge in [0.15, 0.2) is 0 Å². The highest BCUT2D eigenvalue weighted by Gasteiger charge is 2.60. The van der Waals surface area contributed by atoms with Crippen LogP contribution in [0.4, 0.5) is 11.5 Å². The minimum Gasteiger partial charge on any atom is -0.358 e. The van der Waals surface area contributed by atoms with Gasteiger partial charge < -0.3 is 15.4 Å². The molecule has 4 aliphatic carbocycles. The van der Waals surface area contributed by atoms with Crippen LogP contribution in [0.25, 0.3) is 0 Å². The average Bonchev–Trinajstić information content (AvgIpc) is 3.39. The summed E-state index contributed by atoms with van der Waals surface area (Å²) in [6.45, 7) is 2.72. The first-order valence-electron chi connectivity index (χ1n) is 12.5. The van der Waals surface area contributed by atoms with Crippen LogP contribution in [0.1, 0.15) is 56.1 Å². The molecule has 36 heavy (non-hydrogen) atoms. The van der Waals surface area contributed by atoms with E-state index in [1.165, 1.54) is 17.5 Å². The standard InChI is InChI=1S/C26H29BrN6O3/c1-17-3-2-4-18(5-17)13-31-14-21(12-28-31)29-23(34)11-25-7-19-6-20(8-25)10-26(9-19,16-25)32-15-22(27)24(30-32)33(35)36/h2-5,12,14-15,19-20H,6-11,13,16H2,1H3,(H,29,34). The van der Waals surface area contributed by atoms with Crippen molar-refractivity contribution in [1.29, 1.82) is 0 Å². The Kier molecular flexibility index (Phi) is 5.55. The van der Waals surface area contributed by atoms with Crippen molar-refractivity contribution in [1.82, 2.24) is 19.6 Å². The first-order chi connectivity index (χ1) is 17.2. The maximum atomic E-state index is 13.2. The molecular weight excluding hydrogens is 524 g/mol. The lowest BCUT2D eigenvalue weighted by atomic mass is 9.46. The second-order valence-electron chi connectivity index (χ2n) is 11.3. The number of amides is 1. The number of rotatable bonds is 7. The minimum absolute atomic E-state index is 0.00910. The first kappa shape index (κ1) is 23.4. The molecule has 4 saturated carbocycles. The van der Waals surface area contributed by atoms with E-state index in [2.05, 4.69) is 56.6 Å². The molecule has 2 aromatic heterocycles. The Bertz CT molecular complexity index is 1330. The Morgan fingerprint density at radius 2 is 2.03 bits per heavy atom. The summed E-state index contributed by atoms with van der Waals surface area (Å²) < 4.78 is 4.10. The average molecular weight is 553 g/mol. The number of nitrogens with one attached hydrogen (secondary N) is 1. The molecule has 188 valence electrons. The number of nitro groups is 1. The summed E-state index contributed by atoms with van der Waals surface area (Å²) in [6, 6.07) is 8.31. The highest BCUT2D eigenvalue weighted by molar-refractivity contribution is 9.10. The lowest BCUT2D eigenvalue weighted by Gasteiger charge is -2.61. The Hall–Kier alpha value is -3.01. The molecule has 4 fully saturated rings. The Balaban J connectivity index is 1.17. The molecule has 0 saturated heterocycles. The SMILES string of the molecule is Cc1cccc(Cn2cc(NC(=O)CC34CC5CC(C3)CC(n3cc(Br)c([N+](=O)[O-])n3)(C5)C4)cn2)c1. The topological polar surface area (TPSA) is 108 Å². The predicted molar refractivity (Wildman–Crippen MR) is 137 cm³/mol. The first-order valence-corrected chi connectivity index (χ1v) is 13.3. The summed E-state index contributed by atoms with van der Waals surface area (Å²) >= 11 is 3.32. The van der Waals surface area contributed by atoms with Crippen LogP contribution in [-0.2, 0) is 16.9 Å². The molecule has 4 aliphatic rings. The summed E-state index contributed by atoms with van der Waals surface area (Å²) in [5.74, 6) is 0.923. The minimum atomic E-state index is -0.441. The highest BCUT2D eigenvalue weighted by Crippen LogP contribution is 2.65. The van der Waals surface area contributed by atoms with Crippen LogP contribution in [0.2, 0.25) is 0 Å². The zero-order chi connectivity index (χ0) is 25.1. The second-order valence-corrected chi connectivity index (χ2v) is 12.2. The van der Waals surface area contributed by atoms with Gasteiger partial charge in [-0.3, -0.25) is 9.48 Å². The summed E-state index contributed by atoms with van der Waals surface area (Å²) in [6.07, 6.45) is 11.8. The van der Waals surface area contributed by atoms with Crippen molar-refractivity contribution < 1.29 is 9.72 Å². The molecule has 0 spiro atoms. The molecule has 2 heterocycles. The van der Waals surface area contributed by atoms with E-state index in [1.807, 2.05) is 21.6 Å². The van der Waals surface area contributed by atoms with Crippen LogP contribution in [0.5, 0.6) is 0 Å². The van der Waals surface area contributed by atoms with Gasteiger partial charge in [-0.05, 0) is 89.1 Å². The quantitative estimate of drug-likeness (QED) is 0.310. The molecule has 2 atom stereocenters. The van der Waals surface area contributed by atoms with Crippen molar-refractivity contribution in [3.8, 4) is 0 Å². The fourth-order valence-corrected chi connectivity index (χ4v) is 8.06. The second kappa shape index (κ2) is 8.54. The lowest BCUT2D eigenvalue weighted by molar-refractivity contribution is -0.390. The van der Waals surface area contributed by atoms with Crippen molar-refractivity contribution in [3.63, 3.8) is 0 Å². The fourth-order valence-electron chi connectivity index (χ4n) is 7.65. The smallest absolute Gasteiger partial charge is 0.358 e. The van der Waals surface area contributed by atoms with E-state index in [0.29, 0.717) is 35.0 Å². The van der Waals surface area contributed by atoms with Gasteiger partial charge in [-0.15, -0.1) is 0 Å². The number of aromatic nitrogens is 4. The van der Waals surface area contributed by atoms with Crippen molar-refractivity contribution in [3.05, 3.63) is 68.6 Å². The third-order valence-corrected chi connectivity index (χ3v) is 8.90. The number of anilines is 1. The molecule has 0 radical (unpaired) electrons. The number of halogens is 1. The maximum Gasteiger partial charge on any atom is 0.404 e. The van der Waals surface area contributed by atoms with Gasteiger partial charge in [0.1, 0.15) is 4.47 Å². The number of nitrogens with zero attached hydrogens (tertiary/aromatic N) is 5. The molecule has 4 bridgehead atoms. The summed E-state index contributed by atoms with van der Waals surface area (Å²) in [5.41, 5.74) is 2.73. The summed E-state index contributed by atoms with van der Waals surface area (Å²) in [4.78, 5) is 24.2. The number of benzene rings is 1. The molecule has 1 aromatic carbocycles. The third kappa shape index (κ3) is 4.25. The molecule has 10 heteroatoms. The Labute approximate surface area is 217 Å². The number of carbonyl (C=O) groups excluding carboxylic acids is 1.